The molecule has 4 rings (SSSR count). The van der Waals surface area contributed by atoms with Gasteiger partial charge in [-0.05, 0) is 36.6 Å². The number of fused-ring (bicyclic) bond motifs is 1. The van der Waals surface area contributed by atoms with Crippen LogP contribution in [0.4, 0.5) is 0 Å². The molecule has 1 aliphatic rings. The van der Waals surface area contributed by atoms with E-state index in [-0.39, 0.29) is 18.0 Å². The van der Waals surface area contributed by atoms with Gasteiger partial charge in [-0.2, -0.15) is 0 Å². The van der Waals surface area contributed by atoms with E-state index < -0.39 is 0 Å². The molecule has 1 aliphatic heterocycles. The predicted octanol–water partition coefficient (Wildman–Crippen LogP) is 3.08. The third-order valence-corrected chi connectivity index (χ3v) is 5.80. The smallest absolute Gasteiger partial charge is 0.257 e. The van der Waals surface area contributed by atoms with Crippen molar-refractivity contribution in [3.05, 3.63) is 98.2 Å². The van der Waals surface area contributed by atoms with Crippen LogP contribution in [0.3, 0.4) is 0 Å². The van der Waals surface area contributed by atoms with Crippen LogP contribution < -0.4 is 10.9 Å². The van der Waals surface area contributed by atoms with Crippen molar-refractivity contribution >= 4 is 17.5 Å². The van der Waals surface area contributed by atoms with E-state index in [1.165, 1.54) is 10.1 Å². The van der Waals surface area contributed by atoms with Gasteiger partial charge in [0, 0.05) is 36.8 Å². The van der Waals surface area contributed by atoms with E-state index in [0.717, 1.165) is 29.9 Å². The second-order valence-electron chi connectivity index (χ2n) is 7.83. The Labute approximate surface area is 186 Å². The summed E-state index contributed by atoms with van der Waals surface area (Å²) < 4.78 is 1.48. The zero-order valence-electron chi connectivity index (χ0n) is 17.5. The van der Waals surface area contributed by atoms with Gasteiger partial charge in [-0.1, -0.05) is 54.1 Å². The van der Waals surface area contributed by atoms with Crippen LogP contribution in [-0.2, 0) is 37.4 Å². The number of amides is 1. The zero-order chi connectivity index (χ0) is 21.8. The molecule has 0 fully saturated rings. The maximum atomic E-state index is 13.1. The molecule has 31 heavy (non-hydrogen) atoms. The first kappa shape index (κ1) is 21.3. The highest BCUT2D eigenvalue weighted by Gasteiger charge is 2.23. The van der Waals surface area contributed by atoms with Crippen molar-refractivity contribution in [3.63, 3.8) is 0 Å². The summed E-state index contributed by atoms with van der Waals surface area (Å²) in [5.41, 5.74) is 3.63. The van der Waals surface area contributed by atoms with Crippen LogP contribution in [-0.4, -0.2) is 26.9 Å². The van der Waals surface area contributed by atoms with Crippen molar-refractivity contribution in [2.45, 2.75) is 39.5 Å². The normalized spacial score (nSPS) is 13.6. The van der Waals surface area contributed by atoms with Crippen molar-refractivity contribution < 1.29 is 4.79 Å². The number of hydrogen-bond acceptors (Lipinski definition) is 4. The highest BCUT2D eigenvalue weighted by Crippen LogP contribution is 2.17. The lowest BCUT2D eigenvalue weighted by Crippen LogP contribution is -2.40. The SMILES string of the molecule is Cc1nc2c(c(=O)n1CC(=O)NCc1ccc(Cl)cc1)CCN(Cc1ccccc1)C2. The van der Waals surface area contributed by atoms with Crippen molar-refractivity contribution in [2.24, 2.45) is 0 Å². The fraction of sp³-hybridized carbons (Fsp3) is 0.292. The summed E-state index contributed by atoms with van der Waals surface area (Å²) in [5, 5.41) is 3.51. The van der Waals surface area contributed by atoms with Gasteiger partial charge in [0.15, 0.2) is 0 Å². The molecule has 1 N–H and O–H groups in total. The van der Waals surface area contributed by atoms with Gasteiger partial charge >= 0.3 is 0 Å². The molecule has 1 amide bonds. The number of carbonyl (C=O) groups excluding carboxylic acids is 1. The second-order valence-corrected chi connectivity index (χ2v) is 8.26. The molecule has 6 nitrogen and oxygen atoms in total. The molecule has 0 aliphatic carbocycles. The number of rotatable bonds is 6. The first-order chi connectivity index (χ1) is 15.0. The Morgan fingerprint density at radius 1 is 1.10 bits per heavy atom. The summed E-state index contributed by atoms with van der Waals surface area (Å²) in [4.78, 5) is 32.5. The number of aromatic nitrogens is 2. The van der Waals surface area contributed by atoms with E-state index in [4.69, 9.17) is 11.6 Å². The van der Waals surface area contributed by atoms with Gasteiger partial charge in [0.2, 0.25) is 5.91 Å². The monoisotopic (exact) mass is 436 g/mol. The Balaban J connectivity index is 1.42. The third kappa shape index (κ3) is 5.21. The largest absolute Gasteiger partial charge is 0.350 e. The van der Waals surface area contributed by atoms with E-state index in [2.05, 4.69) is 27.3 Å². The molecule has 0 atom stereocenters. The molecule has 2 heterocycles. The van der Waals surface area contributed by atoms with Crippen molar-refractivity contribution in [1.82, 2.24) is 19.8 Å². The lowest BCUT2D eigenvalue weighted by molar-refractivity contribution is -0.121. The van der Waals surface area contributed by atoms with E-state index in [1.54, 1.807) is 19.1 Å². The van der Waals surface area contributed by atoms with Gasteiger partial charge in [-0.3, -0.25) is 19.1 Å². The average molecular weight is 437 g/mol. The van der Waals surface area contributed by atoms with Crippen LogP contribution >= 0.6 is 11.6 Å². The minimum atomic E-state index is -0.219. The Morgan fingerprint density at radius 3 is 2.58 bits per heavy atom. The number of halogens is 1. The Morgan fingerprint density at radius 2 is 1.84 bits per heavy atom. The molecule has 0 spiro atoms. The first-order valence-electron chi connectivity index (χ1n) is 10.4. The molecular formula is C24H25ClN4O2. The zero-order valence-corrected chi connectivity index (χ0v) is 18.2. The number of hydrogen-bond donors (Lipinski definition) is 1. The lowest BCUT2D eigenvalue weighted by atomic mass is 10.1. The van der Waals surface area contributed by atoms with Crippen molar-refractivity contribution in [3.8, 4) is 0 Å². The fourth-order valence-corrected chi connectivity index (χ4v) is 3.99. The molecule has 160 valence electrons. The number of nitrogens with one attached hydrogen (secondary N) is 1. The van der Waals surface area contributed by atoms with Crippen LogP contribution in [0.5, 0.6) is 0 Å². The van der Waals surface area contributed by atoms with Gasteiger partial charge in [-0.25, -0.2) is 4.98 Å². The summed E-state index contributed by atoms with van der Waals surface area (Å²) in [6.45, 7) is 4.40. The summed E-state index contributed by atoms with van der Waals surface area (Å²) >= 11 is 5.89. The summed E-state index contributed by atoms with van der Waals surface area (Å²) in [6, 6.07) is 17.6. The van der Waals surface area contributed by atoms with Crippen LogP contribution in [0.2, 0.25) is 5.02 Å². The summed E-state index contributed by atoms with van der Waals surface area (Å²) in [7, 11) is 0. The summed E-state index contributed by atoms with van der Waals surface area (Å²) in [5.74, 6) is 0.343. The number of carbonyl (C=O) groups is 1. The van der Waals surface area contributed by atoms with E-state index >= 15 is 0 Å². The van der Waals surface area contributed by atoms with E-state index in [9.17, 15) is 9.59 Å². The van der Waals surface area contributed by atoms with Gasteiger partial charge < -0.3 is 5.32 Å². The van der Waals surface area contributed by atoms with Gasteiger partial charge in [-0.15, -0.1) is 0 Å². The lowest BCUT2D eigenvalue weighted by Gasteiger charge is -2.28. The maximum absolute atomic E-state index is 13.1. The molecule has 3 aromatic rings. The molecule has 0 unspecified atom stereocenters. The number of benzene rings is 2. The topological polar surface area (TPSA) is 67.2 Å². The van der Waals surface area contributed by atoms with Crippen LogP contribution in [0.1, 0.15) is 28.2 Å². The maximum Gasteiger partial charge on any atom is 0.257 e. The Hall–Kier alpha value is -2.96. The van der Waals surface area contributed by atoms with Crippen LogP contribution in [0, 0.1) is 6.92 Å². The summed E-state index contributed by atoms with van der Waals surface area (Å²) in [6.07, 6.45) is 0.640. The van der Waals surface area contributed by atoms with Gasteiger partial charge in [0.25, 0.3) is 5.56 Å². The fourth-order valence-electron chi connectivity index (χ4n) is 3.86. The van der Waals surface area contributed by atoms with Crippen molar-refractivity contribution in [2.75, 3.05) is 6.54 Å². The minimum absolute atomic E-state index is 0.0355. The third-order valence-electron chi connectivity index (χ3n) is 5.54. The highest BCUT2D eigenvalue weighted by atomic mass is 35.5. The molecule has 0 saturated carbocycles. The molecule has 0 radical (unpaired) electrons. The van der Waals surface area contributed by atoms with Crippen molar-refractivity contribution in [1.29, 1.82) is 0 Å². The Kier molecular flexibility index (Phi) is 6.49. The van der Waals surface area contributed by atoms with Gasteiger partial charge in [0.1, 0.15) is 12.4 Å². The van der Waals surface area contributed by atoms with Crippen LogP contribution in [0.25, 0.3) is 0 Å². The highest BCUT2D eigenvalue weighted by molar-refractivity contribution is 6.30. The molecule has 1 aromatic heterocycles. The average Bonchev–Trinajstić information content (AvgIpc) is 2.77. The van der Waals surface area contributed by atoms with Crippen LogP contribution in [0.15, 0.2) is 59.4 Å². The molecule has 7 heteroatoms. The number of nitrogens with zero attached hydrogens (tertiary/aromatic N) is 3. The van der Waals surface area contributed by atoms with E-state index in [0.29, 0.717) is 30.4 Å². The standard InChI is InChI=1S/C24H25ClN4O2/c1-17-27-22-15-28(14-19-5-3-2-4-6-19)12-11-21(22)24(31)29(17)16-23(30)26-13-18-7-9-20(25)10-8-18/h2-10H,11-16H2,1H3,(H,26,30). The quantitative estimate of drug-likeness (QED) is 0.644. The van der Waals surface area contributed by atoms with Gasteiger partial charge in [0.05, 0.1) is 5.69 Å². The predicted molar refractivity (Wildman–Crippen MR) is 121 cm³/mol. The first-order valence-corrected chi connectivity index (χ1v) is 10.7. The molecule has 2 aromatic carbocycles. The molecule has 0 bridgehead atoms. The molecular weight excluding hydrogens is 412 g/mol. The second kappa shape index (κ2) is 9.45. The Bertz CT molecular complexity index is 1130. The minimum Gasteiger partial charge on any atom is -0.350 e. The van der Waals surface area contributed by atoms with E-state index in [1.807, 2.05) is 30.3 Å². The molecule has 0 saturated heterocycles. The number of aryl methyl sites for hydroxylation is 1.